The molecule has 36 heavy (non-hydrogen) atoms. The molecule has 11 heteroatoms. The van der Waals surface area contributed by atoms with Gasteiger partial charge >= 0.3 is 12.3 Å². The number of fused-ring (bicyclic) bond motifs is 2. The van der Waals surface area contributed by atoms with Crippen LogP contribution in [0.25, 0.3) is 0 Å². The summed E-state index contributed by atoms with van der Waals surface area (Å²) >= 11 is 0. The summed E-state index contributed by atoms with van der Waals surface area (Å²) in [7, 11) is 0. The van der Waals surface area contributed by atoms with Crippen LogP contribution in [0.5, 0.6) is 0 Å². The van der Waals surface area contributed by atoms with E-state index in [1.165, 1.54) is 17.0 Å². The van der Waals surface area contributed by atoms with Crippen LogP contribution in [0.4, 0.5) is 29.3 Å². The summed E-state index contributed by atoms with van der Waals surface area (Å²) in [5.74, 6) is -0.853. The van der Waals surface area contributed by atoms with Gasteiger partial charge in [0.25, 0.3) is 0 Å². The number of imide groups is 1. The second-order valence-corrected chi connectivity index (χ2v) is 10.8. The first-order valence-corrected chi connectivity index (χ1v) is 12.2. The molecule has 2 bridgehead atoms. The summed E-state index contributed by atoms with van der Waals surface area (Å²) in [5.41, 5.74) is -1.91. The minimum Gasteiger partial charge on any atom is -0.442 e. The van der Waals surface area contributed by atoms with Gasteiger partial charge in [-0.1, -0.05) is 20.8 Å². The summed E-state index contributed by atoms with van der Waals surface area (Å²) in [6.07, 6.45) is -5.03. The Labute approximate surface area is 207 Å². The highest BCUT2D eigenvalue weighted by atomic mass is 19.4. The Kier molecular flexibility index (Phi) is 5.77. The summed E-state index contributed by atoms with van der Waals surface area (Å²) in [6.45, 7) is 6.93. The van der Waals surface area contributed by atoms with Crippen LogP contribution in [0.1, 0.15) is 39.2 Å². The zero-order chi connectivity index (χ0) is 26.0. The average molecular weight is 510 g/mol. The number of nitrogens with zero attached hydrogens (tertiary/aromatic N) is 3. The number of likely N-dealkylation sites (tertiary alicyclic amines) is 1. The van der Waals surface area contributed by atoms with E-state index in [2.05, 4.69) is 0 Å². The third-order valence-corrected chi connectivity index (χ3v) is 8.72. The van der Waals surface area contributed by atoms with Crippen LogP contribution in [0.15, 0.2) is 18.2 Å². The number of halogens is 3. The second-order valence-electron chi connectivity index (χ2n) is 10.8. The summed E-state index contributed by atoms with van der Waals surface area (Å²) < 4.78 is 52.5. The molecule has 0 spiro atoms. The van der Waals surface area contributed by atoms with Gasteiger partial charge in [-0.05, 0) is 36.5 Å². The molecule has 3 atom stereocenters. The lowest BCUT2D eigenvalue weighted by Gasteiger charge is -2.47. The molecule has 8 nitrogen and oxygen atoms in total. The van der Waals surface area contributed by atoms with Crippen molar-refractivity contribution in [3.63, 3.8) is 0 Å². The smallest absolute Gasteiger partial charge is 0.418 e. The molecule has 2 unspecified atom stereocenters. The van der Waals surface area contributed by atoms with E-state index in [4.69, 9.17) is 9.47 Å². The minimum absolute atomic E-state index is 0.0366. The van der Waals surface area contributed by atoms with Crippen LogP contribution in [-0.4, -0.2) is 68.3 Å². The monoisotopic (exact) mass is 509 g/mol. The number of carbonyl (C=O) groups excluding carboxylic acids is 3. The Morgan fingerprint density at radius 1 is 1.08 bits per heavy atom. The van der Waals surface area contributed by atoms with Gasteiger partial charge in [0.2, 0.25) is 11.8 Å². The molecule has 0 aromatic heterocycles. The van der Waals surface area contributed by atoms with Crippen molar-refractivity contribution in [3.05, 3.63) is 23.8 Å². The van der Waals surface area contributed by atoms with Crippen LogP contribution in [-0.2, 0) is 25.2 Å². The zero-order valence-corrected chi connectivity index (χ0v) is 20.6. The lowest BCUT2D eigenvalue weighted by atomic mass is 9.62. The number of hydrogen-bond donors (Lipinski definition) is 0. The van der Waals surface area contributed by atoms with E-state index in [-0.39, 0.29) is 42.2 Å². The van der Waals surface area contributed by atoms with E-state index in [9.17, 15) is 27.6 Å². The second kappa shape index (κ2) is 8.36. The van der Waals surface area contributed by atoms with Crippen molar-refractivity contribution >= 4 is 29.3 Å². The van der Waals surface area contributed by atoms with Crippen molar-refractivity contribution in [2.24, 2.45) is 16.7 Å². The molecule has 1 aromatic rings. The molecule has 3 amide bonds. The number of amides is 3. The van der Waals surface area contributed by atoms with Crippen LogP contribution < -0.4 is 9.80 Å². The van der Waals surface area contributed by atoms with Crippen LogP contribution >= 0.6 is 0 Å². The van der Waals surface area contributed by atoms with E-state index in [1.807, 2.05) is 20.8 Å². The number of anilines is 2. The zero-order valence-electron chi connectivity index (χ0n) is 20.6. The third-order valence-electron chi connectivity index (χ3n) is 8.72. The molecule has 196 valence electrons. The van der Waals surface area contributed by atoms with Gasteiger partial charge in [0.1, 0.15) is 6.10 Å². The van der Waals surface area contributed by atoms with E-state index in [0.29, 0.717) is 39.1 Å². The van der Waals surface area contributed by atoms with Crippen LogP contribution in [0.2, 0.25) is 0 Å². The fraction of sp³-hybridized carbons (Fsp3) is 0.640. The standard InChI is InChI=1S/C25H30F3N3O5/c1-23(2)17-6-7-24(23,3)21(33)31(20(17)32)14-16-13-30(22(34)36-16)15-4-5-19(18(12-15)25(26,27)28)29-8-10-35-11-9-29/h4-5,12,16-17H,6-11,13-14H2,1-3H3/t16-,17?,24?/m1/s1. The van der Waals surface area contributed by atoms with Gasteiger partial charge in [-0.3, -0.25) is 19.4 Å². The molecule has 1 aromatic carbocycles. The number of benzene rings is 1. The maximum absolute atomic E-state index is 13.9. The molecule has 0 N–H and O–H groups in total. The van der Waals surface area contributed by atoms with Crippen molar-refractivity contribution in [1.29, 1.82) is 0 Å². The summed E-state index contributed by atoms with van der Waals surface area (Å²) in [5, 5.41) is 0. The fourth-order valence-corrected chi connectivity index (χ4v) is 6.10. The van der Waals surface area contributed by atoms with Gasteiger partial charge < -0.3 is 14.4 Å². The number of carbonyl (C=O) groups is 3. The predicted octanol–water partition coefficient (Wildman–Crippen LogP) is 3.68. The van der Waals surface area contributed by atoms with Crippen LogP contribution in [0, 0.1) is 16.7 Å². The van der Waals surface area contributed by atoms with Crippen molar-refractivity contribution in [3.8, 4) is 0 Å². The Morgan fingerprint density at radius 3 is 2.44 bits per heavy atom. The number of morpholine rings is 1. The molecule has 3 aliphatic heterocycles. The van der Waals surface area contributed by atoms with E-state index >= 15 is 0 Å². The van der Waals surface area contributed by atoms with Gasteiger partial charge in [0.05, 0.1) is 37.3 Å². The van der Waals surface area contributed by atoms with Crippen molar-refractivity contribution < 1.29 is 37.0 Å². The molecule has 3 saturated heterocycles. The molecule has 5 rings (SSSR count). The molecule has 3 heterocycles. The lowest BCUT2D eigenvalue weighted by Crippen LogP contribution is -2.60. The van der Waals surface area contributed by atoms with E-state index in [0.717, 1.165) is 11.0 Å². The molecule has 4 aliphatic rings. The lowest BCUT2D eigenvalue weighted by molar-refractivity contribution is -0.169. The fourth-order valence-electron chi connectivity index (χ4n) is 6.10. The predicted molar refractivity (Wildman–Crippen MR) is 123 cm³/mol. The van der Waals surface area contributed by atoms with Gasteiger partial charge in [-0.15, -0.1) is 0 Å². The number of alkyl halides is 3. The number of rotatable bonds is 4. The summed E-state index contributed by atoms with van der Waals surface area (Å²) in [6, 6.07) is 3.78. The van der Waals surface area contributed by atoms with Gasteiger partial charge in [0, 0.05) is 30.4 Å². The first-order valence-electron chi connectivity index (χ1n) is 12.2. The van der Waals surface area contributed by atoms with Gasteiger partial charge in [0.15, 0.2) is 0 Å². The van der Waals surface area contributed by atoms with E-state index in [1.54, 1.807) is 4.90 Å². The number of ether oxygens (including phenoxy) is 2. The molecular weight excluding hydrogens is 479 g/mol. The molecule has 1 saturated carbocycles. The Hall–Kier alpha value is -2.82. The highest BCUT2D eigenvalue weighted by Crippen LogP contribution is 2.60. The average Bonchev–Trinajstić information content (AvgIpc) is 3.28. The maximum Gasteiger partial charge on any atom is 0.418 e. The number of hydrogen-bond acceptors (Lipinski definition) is 6. The quantitative estimate of drug-likeness (QED) is 0.577. The Morgan fingerprint density at radius 2 is 1.78 bits per heavy atom. The molecule has 1 aliphatic carbocycles. The number of cyclic esters (lactones) is 1. The molecular formula is C25H30F3N3O5. The van der Waals surface area contributed by atoms with Gasteiger partial charge in [-0.2, -0.15) is 13.2 Å². The SMILES string of the molecule is CC12CCC(C(=O)N(C[C@H]3CN(c4ccc(N5CCOCC5)c(C(F)(F)F)c4)C(=O)O3)C1=O)C2(C)C. The molecule has 4 fully saturated rings. The topological polar surface area (TPSA) is 79.4 Å². The highest BCUT2D eigenvalue weighted by Gasteiger charge is 2.64. The number of piperidine rings is 1. The largest absolute Gasteiger partial charge is 0.442 e. The molecule has 0 radical (unpaired) electrons. The third kappa shape index (κ3) is 3.74. The Bertz CT molecular complexity index is 1100. The maximum atomic E-state index is 13.9. The normalized spacial score (nSPS) is 30.3. The van der Waals surface area contributed by atoms with Crippen molar-refractivity contribution in [2.45, 2.75) is 45.9 Å². The van der Waals surface area contributed by atoms with Crippen LogP contribution in [0.3, 0.4) is 0 Å². The Balaban J connectivity index is 1.36. The van der Waals surface area contributed by atoms with E-state index < -0.39 is 34.8 Å². The van der Waals surface area contributed by atoms with Gasteiger partial charge in [-0.25, -0.2) is 4.79 Å². The highest BCUT2D eigenvalue weighted by molar-refractivity contribution is 6.04. The van der Waals surface area contributed by atoms with Crippen molar-refractivity contribution in [1.82, 2.24) is 4.90 Å². The first-order chi connectivity index (χ1) is 16.8. The minimum atomic E-state index is -4.62. The first kappa shape index (κ1) is 24.9. The van der Waals surface area contributed by atoms with Crippen molar-refractivity contribution in [2.75, 3.05) is 49.2 Å². The summed E-state index contributed by atoms with van der Waals surface area (Å²) in [4.78, 5) is 43.0.